The van der Waals surface area contributed by atoms with Crippen molar-refractivity contribution in [1.29, 1.82) is 0 Å². The zero-order chi connectivity index (χ0) is 16.4. The SMILES string of the molecule is CNc1cn(C2CCC(N3C(C)CCC3COC)CC2)[nH]c1=O. The number of rotatable bonds is 5. The number of hydrogen-bond donors (Lipinski definition) is 2. The van der Waals surface area contributed by atoms with Crippen molar-refractivity contribution in [2.24, 2.45) is 0 Å². The zero-order valence-electron chi connectivity index (χ0n) is 14.5. The van der Waals surface area contributed by atoms with Gasteiger partial charge in [-0.3, -0.25) is 19.5 Å². The molecular formula is C17H30N4O2. The minimum absolute atomic E-state index is 0.0250. The molecule has 2 aliphatic rings. The first-order valence-electron chi connectivity index (χ1n) is 8.89. The molecule has 2 N–H and O–H groups in total. The van der Waals surface area contributed by atoms with Crippen LogP contribution in [0.25, 0.3) is 0 Å². The van der Waals surface area contributed by atoms with Crippen molar-refractivity contribution in [3.8, 4) is 0 Å². The molecule has 0 radical (unpaired) electrons. The molecule has 130 valence electrons. The van der Waals surface area contributed by atoms with Gasteiger partial charge in [0, 0.05) is 32.3 Å². The van der Waals surface area contributed by atoms with Crippen molar-refractivity contribution in [3.05, 3.63) is 16.6 Å². The first-order valence-corrected chi connectivity index (χ1v) is 8.89. The van der Waals surface area contributed by atoms with Gasteiger partial charge in [0.05, 0.1) is 18.8 Å². The number of likely N-dealkylation sites (tertiary alicyclic amines) is 1. The van der Waals surface area contributed by atoms with Gasteiger partial charge >= 0.3 is 0 Å². The molecule has 2 heterocycles. The molecular weight excluding hydrogens is 292 g/mol. The molecule has 2 fully saturated rings. The number of nitrogens with zero attached hydrogens (tertiary/aromatic N) is 2. The van der Waals surface area contributed by atoms with Crippen LogP contribution in [0.1, 0.15) is 51.5 Å². The van der Waals surface area contributed by atoms with E-state index in [2.05, 4.69) is 22.2 Å². The second kappa shape index (κ2) is 7.09. The standard InChI is InChI=1S/C17H30N4O2/c1-12-4-5-15(11-23-3)21(12)14-8-6-13(7-9-14)20-10-16(18-2)17(22)19-20/h10,12-15,18H,4-9,11H2,1-3H3,(H,19,22). The van der Waals surface area contributed by atoms with Crippen LogP contribution in [-0.2, 0) is 4.74 Å². The van der Waals surface area contributed by atoms with Crippen molar-refractivity contribution in [2.75, 3.05) is 26.1 Å². The zero-order valence-corrected chi connectivity index (χ0v) is 14.5. The summed E-state index contributed by atoms with van der Waals surface area (Å²) in [5.74, 6) is 0. The van der Waals surface area contributed by atoms with Crippen LogP contribution < -0.4 is 10.9 Å². The number of aromatic amines is 1. The maximum atomic E-state index is 11.8. The van der Waals surface area contributed by atoms with Crippen molar-refractivity contribution in [3.63, 3.8) is 0 Å². The Bertz CT molecular complexity index is 557. The average Bonchev–Trinajstić information content (AvgIpc) is 3.11. The second-order valence-corrected chi connectivity index (χ2v) is 7.09. The molecule has 1 aromatic heterocycles. The normalized spacial score (nSPS) is 32.3. The maximum absolute atomic E-state index is 11.8. The third kappa shape index (κ3) is 3.33. The highest BCUT2D eigenvalue weighted by Gasteiger charge is 2.37. The Kier molecular flexibility index (Phi) is 5.11. The lowest BCUT2D eigenvalue weighted by Crippen LogP contribution is -2.46. The quantitative estimate of drug-likeness (QED) is 0.872. The van der Waals surface area contributed by atoms with E-state index in [1.54, 1.807) is 14.2 Å². The lowest BCUT2D eigenvalue weighted by molar-refractivity contribution is 0.0473. The van der Waals surface area contributed by atoms with Crippen LogP contribution in [0.15, 0.2) is 11.0 Å². The highest BCUT2D eigenvalue weighted by atomic mass is 16.5. The third-order valence-electron chi connectivity index (χ3n) is 5.70. The molecule has 2 atom stereocenters. The Balaban J connectivity index is 1.62. The van der Waals surface area contributed by atoms with Gasteiger partial charge < -0.3 is 10.1 Å². The summed E-state index contributed by atoms with van der Waals surface area (Å²) >= 11 is 0. The Morgan fingerprint density at radius 2 is 1.91 bits per heavy atom. The molecule has 0 amide bonds. The molecule has 2 unspecified atom stereocenters. The Morgan fingerprint density at radius 3 is 2.52 bits per heavy atom. The van der Waals surface area contributed by atoms with Gasteiger partial charge in [0.15, 0.2) is 0 Å². The summed E-state index contributed by atoms with van der Waals surface area (Å²) in [6, 6.07) is 2.33. The van der Waals surface area contributed by atoms with Crippen molar-refractivity contribution >= 4 is 5.69 Å². The van der Waals surface area contributed by atoms with E-state index < -0.39 is 0 Å². The predicted octanol–water partition coefficient (Wildman–Crippen LogP) is 2.20. The van der Waals surface area contributed by atoms with Gasteiger partial charge in [-0.05, 0) is 45.4 Å². The molecule has 1 aliphatic carbocycles. The minimum Gasteiger partial charge on any atom is -0.383 e. The number of anilines is 1. The molecule has 0 spiro atoms. The fraction of sp³-hybridized carbons (Fsp3) is 0.824. The van der Waals surface area contributed by atoms with E-state index in [1.807, 2.05) is 10.9 Å². The lowest BCUT2D eigenvalue weighted by atomic mass is 9.89. The number of H-pyrrole nitrogens is 1. The summed E-state index contributed by atoms with van der Waals surface area (Å²) < 4.78 is 7.43. The first-order chi connectivity index (χ1) is 11.1. The monoisotopic (exact) mass is 322 g/mol. The van der Waals surface area contributed by atoms with Crippen LogP contribution in [-0.4, -0.2) is 53.6 Å². The second-order valence-electron chi connectivity index (χ2n) is 7.09. The van der Waals surface area contributed by atoms with E-state index in [-0.39, 0.29) is 5.56 Å². The molecule has 1 aliphatic heterocycles. The fourth-order valence-corrected chi connectivity index (χ4v) is 4.53. The van der Waals surface area contributed by atoms with Gasteiger partial charge in [-0.25, -0.2) is 0 Å². The van der Waals surface area contributed by atoms with E-state index in [4.69, 9.17) is 4.74 Å². The van der Waals surface area contributed by atoms with E-state index in [0.29, 0.717) is 29.9 Å². The van der Waals surface area contributed by atoms with E-state index in [0.717, 1.165) is 19.4 Å². The van der Waals surface area contributed by atoms with Crippen molar-refractivity contribution in [1.82, 2.24) is 14.7 Å². The van der Waals surface area contributed by atoms with E-state index in [1.165, 1.54) is 25.7 Å². The first kappa shape index (κ1) is 16.6. The highest BCUT2D eigenvalue weighted by molar-refractivity contribution is 5.37. The summed E-state index contributed by atoms with van der Waals surface area (Å²) in [7, 11) is 3.59. The van der Waals surface area contributed by atoms with Crippen molar-refractivity contribution in [2.45, 2.75) is 69.6 Å². The number of hydrogen-bond acceptors (Lipinski definition) is 4. The smallest absolute Gasteiger partial charge is 0.287 e. The highest BCUT2D eigenvalue weighted by Crippen LogP contribution is 2.36. The third-order valence-corrected chi connectivity index (χ3v) is 5.70. The molecule has 6 nitrogen and oxygen atoms in total. The number of aromatic nitrogens is 2. The summed E-state index contributed by atoms with van der Waals surface area (Å²) in [5, 5.41) is 5.90. The molecule has 0 aromatic carbocycles. The summed E-state index contributed by atoms with van der Waals surface area (Å²) in [4.78, 5) is 14.5. The molecule has 1 aromatic rings. The van der Waals surface area contributed by atoms with Gasteiger partial charge in [0.25, 0.3) is 5.56 Å². The molecule has 3 rings (SSSR count). The predicted molar refractivity (Wildman–Crippen MR) is 92.1 cm³/mol. The van der Waals surface area contributed by atoms with E-state index >= 15 is 0 Å². The van der Waals surface area contributed by atoms with Gasteiger partial charge in [0.1, 0.15) is 5.69 Å². The minimum atomic E-state index is -0.0250. The van der Waals surface area contributed by atoms with Crippen LogP contribution in [0.3, 0.4) is 0 Å². The summed E-state index contributed by atoms with van der Waals surface area (Å²) in [6.07, 6.45) is 9.10. The molecule has 1 saturated carbocycles. The topological polar surface area (TPSA) is 62.3 Å². The number of ether oxygens (including phenoxy) is 1. The maximum Gasteiger partial charge on any atom is 0.287 e. The van der Waals surface area contributed by atoms with Gasteiger partial charge in [-0.2, -0.15) is 0 Å². The fourth-order valence-electron chi connectivity index (χ4n) is 4.53. The van der Waals surface area contributed by atoms with E-state index in [9.17, 15) is 4.79 Å². The van der Waals surface area contributed by atoms with Crippen LogP contribution >= 0.6 is 0 Å². The van der Waals surface area contributed by atoms with Gasteiger partial charge in [0.2, 0.25) is 0 Å². The summed E-state index contributed by atoms with van der Waals surface area (Å²) in [5.41, 5.74) is 0.628. The molecule has 23 heavy (non-hydrogen) atoms. The van der Waals surface area contributed by atoms with Crippen LogP contribution in [0.2, 0.25) is 0 Å². The Morgan fingerprint density at radius 1 is 1.22 bits per heavy atom. The Hall–Kier alpha value is -1.27. The number of methoxy groups -OCH3 is 1. The van der Waals surface area contributed by atoms with Crippen LogP contribution in [0, 0.1) is 0 Å². The summed E-state index contributed by atoms with van der Waals surface area (Å²) in [6.45, 7) is 3.20. The van der Waals surface area contributed by atoms with Crippen LogP contribution in [0.5, 0.6) is 0 Å². The van der Waals surface area contributed by atoms with Crippen molar-refractivity contribution < 1.29 is 4.74 Å². The largest absolute Gasteiger partial charge is 0.383 e. The lowest BCUT2D eigenvalue weighted by Gasteiger charge is -2.40. The molecule has 0 bridgehead atoms. The van der Waals surface area contributed by atoms with Crippen LogP contribution in [0.4, 0.5) is 5.69 Å². The molecule has 6 heteroatoms. The van der Waals surface area contributed by atoms with Gasteiger partial charge in [-0.15, -0.1) is 0 Å². The Labute approximate surface area is 138 Å². The number of nitrogens with one attached hydrogen (secondary N) is 2. The average molecular weight is 322 g/mol. The molecule has 1 saturated heterocycles. The van der Waals surface area contributed by atoms with Gasteiger partial charge in [-0.1, -0.05) is 0 Å².